The summed E-state index contributed by atoms with van der Waals surface area (Å²) in [6.07, 6.45) is 9.80. The van der Waals surface area contributed by atoms with Gasteiger partial charge in [-0.2, -0.15) is 0 Å². The van der Waals surface area contributed by atoms with Crippen LogP contribution in [0.4, 0.5) is 0 Å². The minimum atomic E-state index is 0.291. The highest BCUT2D eigenvalue weighted by molar-refractivity contribution is 14.1. The van der Waals surface area contributed by atoms with Gasteiger partial charge in [-0.25, -0.2) is 0 Å². The Hall–Kier alpha value is -0.230. The lowest BCUT2D eigenvalue weighted by Gasteiger charge is -2.34. The molecule has 4 heteroatoms. The van der Waals surface area contributed by atoms with Crippen molar-refractivity contribution in [1.29, 1.82) is 0 Å². The SMILES string of the molecule is COC1=C(CI)C[C@@H](CC[C@@H]2CC=C(O)CC2)C(OC)C1. The average molecular weight is 406 g/mol. The van der Waals surface area contributed by atoms with Crippen molar-refractivity contribution in [3.63, 3.8) is 0 Å². The van der Waals surface area contributed by atoms with E-state index in [0.717, 1.165) is 48.2 Å². The van der Waals surface area contributed by atoms with Crippen LogP contribution in [0.1, 0.15) is 44.9 Å². The molecule has 0 aliphatic heterocycles. The van der Waals surface area contributed by atoms with Crippen LogP contribution in [0.3, 0.4) is 0 Å². The van der Waals surface area contributed by atoms with E-state index in [0.29, 0.717) is 17.8 Å². The van der Waals surface area contributed by atoms with E-state index in [1.807, 2.05) is 13.2 Å². The third-order valence-corrected chi connectivity index (χ3v) is 5.89. The Kier molecular flexibility index (Phi) is 6.86. The first kappa shape index (κ1) is 17.1. The molecule has 0 spiro atoms. The van der Waals surface area contributed by atoms with Crippen molar-refractivity contribution in [2.75, 3.05) is 18.6 Å². The van der Waals surface area contributed by atoms with E-state index >= 15 is 0 Å². The minimum absolute atomic E-state index is 0.291. The lowest BCUT2D eigenvalue weighted by atomic mass is 9.79. The second kappa shape index (κ2) is 8.42. The largest absolute Gasteiger partial charge is 0.513 e. The van der Waals surface area contributed by atoms with Gasteiger partial charge < -0.3 is 14.6 Å². The van der Waals surface area contributed by atoms with E-state index in [9.17, 15) is 5.11 Å². The van der Waals surface area contributed by atoms with E-state index in [-0.39, 0.29) is 0 Å². The van der Waals surface area contributed by atoms with Crippen LogP contribution in [0.15, 0.2) is 23.2 Å². The van der Waals surface area contributed by atoms with E-state index in [1.165, 1.54) is 18.4 Å². The molecule has 0 saturated carbocycles. The van der Waals surface area contributed by atoms with Crippen molar-refractivity contribution in [3.05, 3.63) is 23.2 Å². The van der Waals surface area contributed by atoms with Crippen molar-refractivity contribution < 1.29 is 14.6 Å². The molecule has 0 radical (unpaired) electrons. The number of aliphatic hydroxyl groups excluding tert-OH is 1. The minimum Gasteiger partial charge on any atom is -0.513 e. The monoisotopic (exact) mass is 406 g/mol. The van der Waals surface area contributed by atoms with Gasteiger partial charge in [-0.3, -0.25) is 0 Å². The lowest BCUT2D eigenvalue weighted by molar-refractivity contribution is 0.0259. The van der Waals surface area contributed by atoms with Gasteiger partial charge in [0, 0.05) is 24.4 Å². The van der Waals surface area contributed by atoms with E-state index in [4.69, 9.17) is 9.47 Å². The molecule has 3 nitrogen and oxygen atoms in total. The molecule has 0 amide bonds. The molecule has 1 N–H and O–H groups in total. The Morgan fingerprint density at radius 1 is 1.29 bits per heavy atom. The number of halogens is 1. The standard InChI is InChI=1S/C17H27IO3/c1-20-16-10-17(21-2)14(11-18)9-13(16)6-3-12-4-7-15(19)8-5-12/h7,12-13,16,19H,3-6,8-11H2,1-2H3/t12-,13-,16?/m1/s1. The van der Waals surface area contributed by atoms with Crippen molar-refractivity contribution in [3.8, 4) is 0 Å². The zero-order valence-corrected chi connectivity index (χ0v) is 15.3. The molecule has 120 valence electrons. The zero-order valence-electron chi connectivity index (χ0n) is 13.1. The number of ether oxygens (including phenoxy) is 2. The molecule has 0 bridgehead atoms. The van der Waals surface area contributed by atoms with Crippen LogP contribution in [0.25, 0.3) is 0 Å². The van der Waals surface area contributed by atoms with Crippen LogP contribution in [0.5, 0.6) is 0 Å². The third-order valence-electron chi connectivity index (χ3n) is 4.97. The van der Waals surface area contributed by atoms with Gasteiger partial charge in [0.15, 0.2) is 0 Å². The molecule has 0 aromatic rings. The van der Waals surface area contributed by atoms with Crippen molar-refractivity contribution in [1.82, 2.24) is 0 Å². The van der Waals surface area contributed by atoms with Gasteiger partial charge in [-0.15, -0.1) is 0 Å². The molecule has 21 heavy (non-hydrogen) atoms. The fraction of sp³-hybridized carbons (Fsp3) is 0.765. The first-order valence-electron chi connectivity index (χ1n) is 7.89. The maximum atomic E-state index is 9.47. The highest BCUT2D eigenvalue weighted by Crippen LogP contribution is 2.37. The summed E-state index contributed by atoms with van der Waals surface area (Å²) in [7, 11) is 3.59. The molecule has 2 rings (SSSR count). The first-order chi connectivity index (χ1) is 10.2. The molecule has 0 fully saturated rings. The molecule has 0 aromatic carbocycles. The molecule has 2 aliphatic carbocycles. The van der Waals surface area contributed by atoms with Crippen LogP contribution in [-0.4, -0.2) is 29.9 Å². The quantitative estimate of drug-likeness (QED) is 0.510. The topological polar surface area (TPSA) is 38.7 Å². The highest BCUT2D eigenvalue weighted by atomic mass is 127. The van der Waals surface area contributed by atoms with Crippen molar-refractivity contribution >= 4 is 22.6 Å². The maximum Gasteiger partial charge on any atom is 0.0981 e. The number of hydrogen-bond acceptors (Lipinski definition) is 3. The van der Waals surface area contributed by atoms with Crippen LogP contribution in [0, 0.1) is 11.8 Å². The van der Waals surface area contributed by atoms with Gasteiger partial charge in [0.05, 0.1) is 24.7 Å². The summed E-state index contributed by atoms with van der Waals surface area (Å²) < 4.78 is 12.3. The summed E-state index contributed by atoms with van der Waals surface area (Å²) in [5.41, 5.74) is 1.46. The number of rotatable bonds is 6. The summed E-state index contributed by atoms with van der Waals surface area (Å²) in [4.78, 5) is 0. The smallest absolute Gasteiger partial charge is 0.0981 e. The summed E-state index contributed by atoms with van der Waals surface area (Å²) in [6.45, 7) is 0. The predicted molar refractivity (Wildman–Crippen MR) is 93.7 cm³/mol. The van der Waals surface area contributed by atoms with Gasteiger partial charge >= 0.3 is 0 Å². The molecule has 0 aromatic heterocycles. The zero-order chi connectivity index (χ0) is 15.2. The van der Waals surface area contributed by atoms with Crippen molar-refractivity contribution in [2.24, 2.45) is 11.8 Å². The Morgan fingerprint density at radius 2 is 2.10 bits per heavy atom. The number of methoxy groups -OCH3 is 2. The fourth-order valence-electron chi connectivity index (χ4n) is 3.56. The first-order valence-corrected chi connectivity index (χ1v) is 9.42. The Labute approximate surface area is 141 Å². The van der Waals surface area contributed by atoms with Crippen molar-refractivity contribution in [2.45, 2.75) is 51.0 Å². The Bertz CT molecular complexity index is 403. The van der Waals surface area contributed by atoms with E-state index in [1.54, 1.807) is 7.11 Å². The predicted octanol–water partition coefficient (Wildman–Crippen LogP) is 4.77. The number of allylic oxidation sites excluding steroid dienone is 3. The van der Waals surface area contributed by atoms with Gasteiger partial charge in [-0.1, -0.05) is 22.6 Å². The average Bonchev–Trinajstić information content (AvgIpc) is 2.53. The summed E-state index contributed by atoms with van der Waals surface area (Å²) >= 11 is 2.43. The second-order valence-electron chi connectivity index (χ2n) is 6.22. The highest BCUT2D eigenvalue weighted by Gasteiger charge is 2.31. The van der Waals surface area contributed by atoms with E-state index < -0.39 is 0 Å². The van der Waals surface area contributed by atoms with Crippen LogP contribution in [-0.2, 0) is 9.47 Å². The molecule has 0 heterocycles. The van der Waals surface area contributed by atoms with Gasteiger partial charge in [0.2, 0.25) is 0 Å². The summed E-state index contributed by atoms with van der Waals surface area (Å²) in [5.74, 6) is 3.06. The molecule has 0 saturated heterocycles. The van der Waals surface area contributed by atoms with Gasteiger partial charge in [0.25, 0.3) is 0 Å². The number of alkyl halides is 1. The molecule has 1 unspecified atom stereocenters. The Balaban J connectivity index is 1.91. The lowest BCUT2D eigenvalue weighted by Crippen LogP contribution is -2.30. The molecule has 2 aliphatic rings. The number of hydrogen-bond donors (Lipinski definition) is 1. The van der Waals surface area contributed by atoms with Crippen LogP contribution >= 0.6 is 22.6 Å². The maximum absolute atomic E-state index is 9.47. The molecular weight excluding hydrogens is 379 g/mol. The second-order valence-corrected chi connectivity index (χ2v) is 6.98. The van der Waals surface area contributed by atoms with Crippen LogP contribution in [0.2, 0.25) is 0 Å². The molecule has 3 atom stereocenters. The Morgan fingerprint density at radius 3 is 2.67 bits per heavy atom. The summed E-state index contributed by atoms with van der Waals surface area (Å²) in [6, 6.07) is 0. The van der Waals surface area contributed by atoms with Gasteiger partial charge in [-0.05, 0) is 55.6 Å². The third kappa shape index (κ3) is 4.62. The van der Waals surface area contributed by atoms with Gasteiger partial charge in [0.1, 0.15) is 0 Å². The van der Waals surface area contributed by atoms with Crippen LogP contribution < -0.4 is 0 Å². The van der Waals surface area contributed by atoms with E-state index in [2.05, 4.69) is 22.6 Å². The normalized spacial score (nSPS) is 30.2. The fourth-order valence-corrected chi connectivity index (χ4v) is 4.30. The molecular formula is C17H27IO3. The number of aliphatic hydroxyl groups is 1. The summed E-state index contributed by atoms with van der Waals surface area (Å²) in [5, 5.41) is 9.47.